The van der Waals surface area contributed by atoms with E-state index in [4.69, 9.17) is 7.16 Å². The maximum Gasteiger partial charge on any atom is 0.216 e. The number of furan rings is 1. The summed E-state index contributed by atoms with van der Waals surface area (Å²) in [6.45, 7) is 6.60. The van der Waals surface area contributed by atoms with Crippen LogP contribution in [-0.4, -0.2) is 0 Å². The smallest absolute Gasteiger partial charge is 0.216 e. The fourth-order valence-electron chi connectivity index (χ4n) is 6.80. The second-order valence-corrected chi connectivity index (χ2v) is 11.9. The molecular formula is C36H38NO+. The van der Waals surface area contributed by atoms with E-state index in [0.717, 1.165) is 98.7 Å². The summed E-state index contributed by atoms with van der Waals surface area (Å²) >= 11 is 0. The lowest BCUT2D eigenvalue weighted by atomic mass is 9.69. The molecule has 2 aliphatic rings. The Kier molecular flexibility index (Phi) is 4.78. The maximum atomic E-state index is 9.55. The standard InChI is InChI=1S/C36H38NO/c1-23-17-18-29-28-14-9-13-26(34(28)38-35(29)33(23)32-16-7-8-20-37(32)4)25-21-30(24-11-5-6-12-24)27-15-10-19-36(2,3)31(27)22-25/h7-9,13-14,16-18,20-22,24H,5-6,10-12,15,19H2,1-4H3/q+1/i15D2,24D. The Morgan fingerprint density at radius 2 is 1.76 bits per heavy atom. The molecule has 2 heterocycles. The first-order chi connectivity index (χ1) is 19.5. The van der Waals surface area contributed by atoms with Crippen LogP contribution in [0.5, 0.6) is 0 Å². The normalized spacial score (nSPS) is 20.7. The van der Waals surface area contributed by atoms with E-state index in [1.54, 1.807) is 0 Å². The summed E-state index contributed by atoms with van der Waals surface area (Å²) in [4.78, 5) is 0. The lowest BCUT2D eigenvalue weighted by Gasteiger charge is -2.35. The van der Waals surface area contributed by atoms with Crippen LogP contribution in [0.2, 0.25) is 0 Å². The van der Waals surface area contributed by atoms with Crippen molar-refractivity contribution in [1.82, 2.24) is 0 Å². The van der Waals surface area contributed by atoms with Crippen molar-refractivity contribution in [1.29, 1.82) is 0 Å². The Morgan fingerprint density at radius 1 is 0.947 bits per heavy atom. The second kappa shape index (κ2) is 8.83. The molecule has 0 atom stereocenters. The third-order valence-electron chi connectivity index (χ3n) is 9.00. The predicted molar refractivity (Wildman–Crippen MR) is 158 cm³/mol. The van der Waals surface area contributed by atoms with Crippen molar-refractivity contribution >= 4 is 21.9 Å². The van der Waals surface area contributed by atoms with Crippen LogP contribution in [0.4, 0.5) is 0 Å². The Hall–Kier alpha value is -3.39. The van der Waals surface area contributed by atoms with Crippen LogP contribution in [0.15, 0.2) is 71.3 Å². The summed E-state index contributed by atoms with van der Waals surface area (Å²) in [5.74, 6) is -0.755. The van der Waals surface area contributed by atoms with E-state index >= 15 is 0 Å². The van der Waals surface area contributed by atoms with Gasteiger partial charge in [-0.25, -0.2) is 4.57 Å². The number of rotatable bonds is 3. The average Bonchev–Trinajstić information content (AvgIpc) is 3.56. The molecule has 1 fully saturated rings. The summed E-state index contributed by atoms with van der Waals surface area (Å²) in [5.41, 5.74) is 9.69. The topological polar surface area (TPSA) is 17.0 Å². The Labute approximate surface area is 230 Å². The van der Waals surface area contributed by atoms with Gasteiger partial charge in [-0.2, -0.15) is 0 Å². The summed E-state index contributed by atoms with van der Waals surface area (Å²) in [7, 11) is 2.07. The molecule has 192 valence electrons. The lowest BCUT2D eigenvalue weighted by molar-refractivity contribution is -0.660. The molecule has 3 aromatic carbocycles. The van der Waals surface area contributed by atoms with E-state index in [2.05, 4.69) is 93.2 Å². The highest BCUT2D eigenvalue weighted by atomic mass is 16.3. The van der Waals surface area contributed by atoms with Crippen molar-refractivity contribution in [2.24, 2.45) is 7.05 Å². The zero-order chi connectivity index (χ0) is 28.7. The van der Waals surface area contributed by atoms with Gasteiger partial charge in [-0.15, -0.1) is 0 Å². The molecule has 0 unspecified atom stereocenters. The molecule has 0 bridgehead atoms. The maximum absolute atomic E-state index is 9.55. The summed E-state index contributed by atoms with van der Waals surface area (Å²) in [5, 5.41) is 2.17. The van der Waals surface area contributed by atoms with E-state index < -0.39 is 12.3 Å². The van der Waals surface area contributed by atoms with Gasteiger partial charge in [-0.05, 0) is 84.2 Å². The quantitative estimate of drug-likeness (QED) is 0.224. The van der Waals surface area contributed by atoms with Crippen LogP contribution in [0.1, 0.15) is 84.6 Å². The molecule has 0 aliphatic heterocycles. The number of aromatic nitrogens is 1. The van der Waals surface area contributed by atoms with Crippen molar-refractivity contribution in [3.63, 3.8) is 0 Å². The molecule has 0 spiro atoms. The molecule has 7 rings (SSSR count). The van der Waals surface area contributed by atoms with Gasteiger partial charge < -0.3 is 4.42 Å². The Bertz CT molecular complexity index is 1840. The minimum absolute atomic E-state index is 0.172. The molecule has 2 aliphatic carbocycles. The van der Waals surface area contributed by atoms with Crippen molar-refractivity contribution < 1.29 is 13.1 Å². The summed E-state index contributed by atoms with van der Waals surface area (Å²) < 4.78 is 36.7. The van der Waals surface area contributed by atoms with E-state index in [-0.39, 0.29) is 5.41 Å². The van der Waals surface area contributed by atoms with Gasteiger partial charge in [0.15, 0.2) is 6.20 Å². The largest absolute Gasteiger partial charge is 0.454 e. The molecular weight excluding hydrogens is 462 g/mol. The monoisotopic (exact) mass is 503 g/mol. The van der Waals surface area contributed by atoms with E-state index in [1.807, 2.05) is 6.07 Å². The highest BCUT2D eigenvalue weighted by Crippen LogP contribution is 2.47. The van der Waals surface area contributed by atoms with Gasteiger partial charge in [0, 0.05) is 32.6 Å². The van der Waals surface area contributed by atoms with Gasteiger partial charge in [0.2, 0.25) is 5.69 Å². The number of para-hydroxylation sites is 1. The number of fused-ring (bicyclic) bond motifs is 4. The van der Waals surface area contributed by atoms with Gasteiger partial charge in [-0.1, -0.05) is 69.2 Å². The van der Waals surface area contributed by atoms with E-state index in [1.165, 1.54) is 0 Å². The SMILES string of the molecule is [2H]C1([2H])CCC(C)(C)c2cc(-c3cccc4c3oc3c(-c5cccc[n+]5C)c(C)ccc34)cc(C3([2H])CCCC3)c21. The summed E-state index contributed by atoms with van der Waals surface area (Å²) in [6.07, 6.45) is 5.52. The fraction of sp³-hybridized carbons (Fsp3) is 0.361. The van der Waals surface area contributed by atoms with Gasteiger partial charge in [0.1, 0.15) is 18.2 Å². The zero-order valence-corrected chi connectivity index (χ0v) is 22.9. The van der Waals surface area contributed by atoms with Gasteiger partial charge in [0.05, 0.1) is 5.56 Å². The van der Waals surface area contributed by atoms with Crippen LogP contribution in [0, 0.1) is 6.92 Å². The van der Waals surface area contributed by atoms with E-state index in [0.29, 0.717) is 6.42 Å². The van der Waals surface area contributed by atoms with Crippen molar-refractivity contribution in [2.75, 3.05) is 0 Å². The molecule has 0 saturated heterocycles. The van der Waals surface area contributed by atoms with Crippen LogP contribution in [-0.2, 0) is 18.8 Å². The van der Waals surface area contributed by atoms with Crippen LogP contribution in [0.3, 0.4) is 0 Å². The van der Waals surface area contributed by atoms with Gasteiger partial charge >= 0.3 is 0 Å². The van der Waals surface area contributed by atoms with Crippen LogP contribution in [0.25, 0.3) is 44.3 Å². The minimum Gasteiger partial charge on any atom is -0.454 e. The number of benzene rings is 3. The third kappa shape index (κ3) is 3.64. The molecule has 2 heteroatoms. The number of aryl methyl sites for hydroxylation is 2. The van der Waals surface area contributed by atoms with Crippen molar-refractivity contribution in [3.8, 4) is 22.4 Å². The number of nitrogens with zero attached hydrogens (tertiary/aromatic N) is 1. The van der Waals surface area contributed by atoms with Gasteiger partial charge in [0.25, 0.3) is 0 Å². The number of hydrogen-bond acceptors (Lipinski definition) is 1. The molecule has 1 saturated carbocycles. The first-order valence-electron chi connectivity index (χ1n) is 15.6. The molecule has 0 N–H and O–H groups in total. The predicted octanol–water partition coefficient (Wildman–Crippen LogP) is 9.32. The average molecular weight is 504 g/mol. The fourth-order valence-corrected chi connectivity index (χ4v) is 6.80. The molecule has 2 nitrogen and oxygen atoms in total. The zero-order valence-electron chi connectivity index (χ0n) is 25.9. The van der Waals surface area contributed by atoms with Crippen LogP contribution < -0.4 is 4.57 Å². The van der Waals surface area contributed by atoms with Crippen LogP contribution >= 0.6 is 0 Å². The van der Waals surface area contributed by atoms with E-state index in [9.17, 15) is 1.37 Å². The van der Waals surface area contributed by atoms with Gasteiger partial charge in [-0.3, -0.25) is 0 Å². The first kappa shape index (κ1) is 20.6. The molecule has 0 amide bonds. The highest BCUT2D eigenvalue weighted by molar-refractivity contribution is 6.13. The van der Waals surface area contributed by atoms with Crippen molar-refractivity contribution in [2.45, 2.75) is 77.0 Å². The number of hydrogen-bond donors (Lipinski definition) is 0. The molecule has 0 radical (unpaired) electrons. The minimum atomic E-state index is -1.43. The third-order valence-corrected chi connectivity index (χ3v) is 9.00. The Balaban J connectivity index is 1.53. The molecule has 2 aromatic heterocycles. The molecule has 5 aromatic rings. The first-order valence-corrected chi connectivity index (χ1v) is 14.1. The lowest BCUT2D eigenvalue weighted by Crippen LogP contribution is -2.30. The number of pyridine rings is 1. The molecule has 38 heavy (non-hydrogen) atoms. The highest BCUT2D eigenvalue weighted by Gasteiger charge is 2.32. The second-order valence-electron chi connectivity index (χ2n) is 11.9. The summed E-state index contributed by atoms with van der Waals surface area (Å²) in [6, 6.07) is 21.3. The van der Waals surface area contributed by atoms with Crippen molar-refractivity contribution in [3.05, 3.63) is 89.1 Å². The Morgan fingerprint density at radius 3 is 2.58 bits per heavy atom.